The Morgan fingerprint density at radius 1 is 1.16 bits per heavy atom. The highest BCUT2D eigenvalue weighted by atomic mass is 19.1. The van der Waals surface area contributed by atoms with Crippen molar-refractivity contribution in [2.75, 3.05) is 6.54 Å². The van der Waals surface area contributed by atoms with E-state index in [9.17, 15) is 14.6 Å². The first-order chi connectivity index (χ1) is 9.15. The van der Waals surface area contributed by atoms with Gasteiger partial charge < -0.3 is 10.2 Å². The Bertz CT molecular complexity index is 641. The molecule has 98 valence electrons. The summed E-state index contributed by atoms with van der Waals surface area (Å²) in [5.74, 6) is -0.393. The fourth-order valence-electron chi connectivity index (χ4n) is 1.97. The average Bonchev–Trinajstić information content (AvgIpc) is 2.45. The van der Waals surface area contributed by atoms with E-state index in [0.29, 0.717) is 16.3 Å². The van der Waals surface area contributed by atoms with Gasteiger partial charge in [0.2, 0.25) is 0 Å². The molecule has 2 rings (SSSR count). The normalized spacial score (nSPS) is 13.8. The number of hydrogen-bond donors (Lipinski definition) is 2. The highest BCUT2D eigenvalue weighted by Crippen LogP contribution is 2.28. The molecule has 2 unspecified atom stereocenters. The minimum Gasteiger partial charge on any atom is -0.390 e. The van der Waals surface area contributed by atoms with Gasteiger partial charge in [-0.25, -0.2) is 4.39 Å². The first kappa shape index (κ1) is 13.3. The zero-order valence-electron chi connectivity index (χ0n) is 9.94. The molecule has 0 spiro atoms. The molecule has 0 bridgehead atoms. The molecule has 19 heavy (non-hydrogen) atoms. The zero-order chi connectivity index (χ0) is 13.8. The summed E-state index contributed by atoms with van der Waals surface area (Å²) < 4.78 is 13.6. The molecule has 2 aromatic rings. The van der Waals surface area contributed by atoms with Crippen molar-refractivity contribution in [2.24, 2.45) is 5.11 Å². The molecule has 6 heteroatoms. The van der Waals surface area contributed by atoms with E-state index in [1.54, 1.807) is 24.3 Å². The molecule has 2 aromatic carbocycles. The van der Waals surface area contributed by atoms with E-state index in [2.05, 4.69) is 10.0 Å². The SMILES string of the molecule is [N-]=[N+]=NCC(O)C(O)c1ccc(F)c2ccccc12. The third-order valence-electron chi connectivity index (χ3n) is 2.92. The standard InChI is InChI=1S/C13H12FN3O2/c14-11-6-5-10(8-3-1-2-4-9(8)11)13(19)12(18)7-16-17-15/h1-6,12-13,18-19H,7H2. The number of rotatable bonds is 4. The van der Waals surface area contributed by atoms with Crippen LogP contribution in [0.3, 0.4) is 0 Å². The maximum Gasteiger partial charge on any atom is 0.131 e. The Hall–Kier alpha value is -2.14. The monoisotopic (exact) mass is 261 g/mol. The minimum absolute atomic E-state index is 0.247. The molecule has 0 heterocycles. The van der Waals surface area contributed by atoms with Gasteiger partial charge in [0.15, 0.2) is 0 Å². The van der Waals surface area contributed by atoms with Crippen molar-refractivity contribution in [2.45, 2.75) is 12.2 Å². The Balaban J connectivity index is 2.45. The maximum atomic E-state index is 13.6. The second-order valence-electron chi connectivity index (χ2n) is 4.11. The Morgan fingerprint density at radius 3 is 2.53 bits per heavy atom. The first-order valence-electron chi connectivity index (χ1n) is 5.69. The van der Waals surface area contributed by atoms with Gasteiger partial charge in [-0.15, -0.1) is 0 Å². The number of aliphatic hydroxyl groups is 2. The topological polar surface area (TPSA) is 89.2 Å². The number of fused-ring (bicyclic) bond motifs is 1. The van der Waals surface area contributed by atoms with Crippen LogP contribution in [0.4, 0.5) is 4.39 Å². The van der Waals surface area contributed by atoms with Crippen molar-refractivity contribution >= 4 is 10.8 Å². The van der Waals surface area contributed by atoms with Crippen LogP contribution >= 0.6 is 0 Å². The van der Waals surface area contributed by atoms with Gasteiger partial charge >= 0.3 is 0 Å². The third kappa shape index (κ3) is 2.66. The van der Waals surface area contributed by atoms with Gasteiger partial charge in [-0.1, -0.05) is 35.4 Å². The van der Waals surface area contributed by atoms with Crippen molar-refractivity contribution in [3.63, 3.8) is 0 Å². The van der Waals surface area contributed by atoms with Crippen molar-refractivity contribution in [3.8, 4) is 0 Å². The highest BCUT2D eigenvalue weighted by molar-refractivity contribution is 5.86. The summed E-state index contributed by atoms with van der Waals surface area (Å²) in [5, 5.41) is 23.9. The van der Waals surface area contributed by atoms with E-state index in [1.807, 2.05) is 0 Å². The van der Waals surface area contributed by atoms with Gasteiger partial charge in [-0.05, 0) is 22.5 Å². The van der Waals surface area contributed by atoms with Gasteiger partial charge in [0.1, 0.15) is 11.9 Å². The van der Waals surface area contributed by atoms with E-state index in [0.717, 1.165) is 0 Å². The predicted molar refractivity (Wildman–Crippen MR) is 68.9 cm³/mol. The lowest BCUT2D eigenvalue weighted by molar-refractivity contribution is 0.0253. The smallest absolute Gasteiger partial charge is 0.131 e. The summed E-state index contributed by atoms with van der Waals surface area (Å²) in [6, 6.07) is 9.33. The van der Waals surface area contributed by atoms with Crippen LogP contribution < -0.4 is 0 Å². The van der Waals surface area contributed by atoms with Crippen LogP contribution in [0.15, 0.2) is 41.5 Å². The zero-order valence-corrected chi connectivity index (χ0v) is 9.94. The van der Waals surface area contributed by atoms with Crippen LogP contribution in [-0.4, -0.2) is 22.9 Å². The highest BCUT2D eigenvalue weighted by Gasteiger charge is 2.20. The number of halogens is 1. The predicted octanol–water partition coefficient (Wildman–Crippen LogP) is 2.68. The lowest BCUT2D eigenvalue weighted by Gasteiger charge is -2.18. The van der Waals surface area contributed by atoms with Crippen LogP contribution in [0.5, 0.6) is 0 Å². The molecule has 5 nitrogen and oxygen atoms in total. The number of hydrogen-bond acceptors (Lipinski definition) is 3. The van der Waals surface area contributed by atoms with Crippen LogP contribution in [0.2, 0.25) is 0 Å². The van der Waals surface area contributed by atoms with Crippen molar-refractivity contribution < 1.29 is 14.6 Å². The van der Waals surface area contributed by atoms with E-state index in [1.165, 1.54) is 12.1 Å². The van der Waals surface area contributed by atoms with Crippen LogP contribution in [0, 0.1) is 5.82 Å². The van der Waals surface area contributed by atoms with E-state index in [4.69, 9.17) is 5.53 Å². The third-order valence-corrected chi connectivity index (χ3v) is 2.92. The molecule has 2 N–H and O–H groups in total. The molecular formula is C13H12FN3O2. The van der Waals surface area contributed by atoms with Crippen molar-refractivity contribution in [1.29, 1.82) is 0 Å². The second-order valence-corrected chi connectivity index (χ2v) is 4.11. The molecule has 0 aliphatic carbocycles. The second kappa shape index (κ2) is 5.67. The van der Waals surface area contributed by atoms with Gasteiger partial charge in [0.25, 0.3) is 0 Å². The van der Waals surface area contributed by atoms with Gasteiger partial charge in [-0.2, -0.15) is 0 Å². The molecular weight excluding hydrogens is 249 g/mol. The van der Waals surface area contributed by atoms with Crippen LogP contribution in [-0.2, 0) is 0 Å². The fourth-order valence-corrected chi connectivity index (χ4v) is 1.97. The summed E-state index contributed by atoms with van der Waals surface area (Å²) in [6.07, 6.45) is -2.47. The molecule has 0 fully saturated rings. The van der Waals surface area contributed by atoms with E-state index in [-0.39, 0.29) is 6.54 Å². The molecule has 2 atom stereocenters. The Morgan fingerprint density at radius 2 is 1.84 bits per heavy atom. The summed E-state index contributed by atoms with van der Waals surface area (Å²) in [5.41, 5.74) is 8.59. The first-order valence-corrected chi connectivity index (χ1v) is 5.69. The maximum absolute atomic E-state index is 13.6. The molecule has 0 saturated carbocycles. The lowest BCUT2D eigenvalue weighted by atomic mass is 9.97. The van der Waals surface area contributed by atoms with Gasteiger partial charge in [0, 0.05) is 10.3 Å². The summed E-state index contributed by atoms with van der Waals surface area (Å²) in [7, 11) is 0. The molecule has 0 aromatic heterocycles. The summed E-state index contributed by atoms with van der Waals surface area (Å²) in [4.78, 5) is 2.52. The lowest BCUT2D eigenvalue weighted by Crippen LogP contribution is -2.21. The summed E-state index contributed by atoms with van der Waals surface area (Å²) >= 11 is 0. The molecule has 0 amide bonds. The molecule has 0 radical (unpaired) electrons. The fraction of sp³-hybridized carbons (Fsp3) is 0.231. The molecule has 0 aliphatic heterocycles. The number of azide groups is 1. The minimum atomic E-state index is -1.24. The average molecular weight is 261 g/mol. The van der Waals surface area contributed by atoms with Crippen LogP contribution in [0.1, 0.15) is 11.7 Å². The number of aliphatic hydroxyl groups excluding tert-OH is 2. The quantitative estimate of drug-likeness (QED) is 0.503. The number of benzene rings is 2. The Kier molecular flexibility index (Phi) is 3.97. The summed E-state index contributed by atoms with van der Waals surface area (Å²) in [6.45, 7) is -0.247. The molecule has 0 saturated heterocycles. The van der Waals surface area contributed by atoms with Crippen LogP contribution in [0.25, 0.3) is 21.2 Å². The van der Waals surface area contributed by atoms with E-state index < -0.39 is 18.0 Å². The van der Waals surface area contributed by atoms with Crippen molar-refractivity contribution in [3.05, 3.63) is 58.2 Å². The Labute approximate surface area is 108 Å². The largest absolute Gasteiger partial charge is 0.390 e. The van der Waals surface area contributed by atoms with Gasteiger partial charge in [0.05, 0.1) is 12.6 Å². The van der Waals surface area contributed by atoms with Crippen molar-refractivity contribution in [1.82, 2.24) is 0 Å². The number of nitrogens with zero attached hydrogens (tertiary/aromatic N) is 3. The van der Waals surface area contributed by atoms with E-state index >= 15 is 0 Å². The molecule has 0 aliphatic rings. The van der Waals surface area contributed by atoms with Gasteiger partial charge in [-0.3, -0.25) is 0 Å².